The van der Waals surface area contributed by atoms with Gasteiger partial charge in [0, 0.05) is 13.9 Å². The van der Waals surface area contributed by atoms with E-state index in [-0.39, 0.29) is 6.61 Å². The van der Waals surface area contributed by atoms with Gasteiger partial charge in [0.15, 0.2) is 0 Å². The summed E-state index contributed by atoms with van der Waals surface area (Å²) in [6, 6.07) is 9.16. The molecule has 1 rings (SSSR count). The SMILES string of the molecule is O=S(/C=C(/I)CO)c1ccccc1. The molecule has 1 unspecified atom stereocenters. The van der Waals surface area contributed by atoms with Gasteiger partial charge in [0.2, 0.25) is 0 Å². The highest BCUT2D eigenvalue weighted by molar-refractivity contribution is 14.1. The zero-order valence-corrected chi connectivity index (χ0v) is 9.79. The summed E-state index contributed by atoms with van der Waals surface area (Å²) in [5, 5.41) is 10.3. The van der Waals surface area contributed by atoms with Gasteiger partial charge in [0.25, 0.3) is 0 Å². The quantitative estimate of drug-likeness (QED) is 0.868. The van der Waals surface area contributed by atoms with Gasteiger partial charge in [-0.15, -0.1) is 0 Å². The van der Waals surface area contributed by atoms with Gasteiger partial charge in [-0.1, -0.05) is 18.2 Å². The lowest BCUT2D eigenvalue weighted by Gasteiger charge is -1.96. The van der Waals surface area contributed by atoms with Crippen LogP contribution in [0.1, 0.15) is 0 Å². The van der Waals surface area contributed by atoms with E-state index < -0.39 is 10.8 Å². The van der Waals surface area contributed by atoms with Gasteiger partial charge in [-0.2, -0.15) is 0 Å². The molecule has 1 atom stereocenters. The molecule has 2 nitrogen and oxygen atoms in total. The Morgan fingerprint density at radius 3 is 2.62 bits per heavy atom. The lowest BCUT2D eigenvalue weighted by Crippen LogP contribution is -1.88. The Hall–Kier alpha value is -0.200. The molecule has 0 amide bonds. The summed E-state index contributed by atoms with van der Waals surface area (Å²) in [7, 11) is -1.14. The molecule has 0 radical (unpaired) electrons. The first-order valence-corrected chi connectivity index (χ1v) is 5.96. The fraction of sp³-hybridized carbons (Fsp3) is 0.111. The second-order valence-corrected chi connectivity index (χ2v) is 5.02. The van der Waals surface area contributed by atoms with Crippen molar-refractivity contribution < 1.29 is 9.32 Å². The Morgan fingerprint density at radius 1 is 1.46 bits per heavy atom. The number of benzene rings is 1. The first-order valence-electron chi connectivity index (χ1n) is 3.66. The maximum Gasteiger partial charge on any atom is 0.0784 e. The van der Waals surface area contributed by atoms with Crippen molar-refractivity contribution in [2.45, 2.75) is 4.90 Å². The summed E-state index contributed by atoms with van der Waals surface area (Å²) in [6.45, 7) is -0.0564. The van der Waals surface area contributed by atoms with Crippen LogP contribution in [-0.4, -0.2) is 15.9 Å². The van der Waals surface area contributed by atoms with Crippen LogP contribution in [-0.2, 0) is 10.8 Å². The van der Waals surface area contributed by atoms with E-state index in [2.05, 4.69) is 0 Å². The molecule has 0 aliphatic rings. The Kier molecular flexibility index (Phi) is 4.61. The summed E-state index contributed by atoms with van der Waals surface area (Å²) in [5.41, 5.74) is 0. The van der Waals surface area contributed by atoms with E-state index >= 15 is 0 Å². The number of halogens is 1. The number of hydrogen-bond donors (Lipinski definition) is 1. The van der Waals surface area contributed by atoms with E-state index in [9.17, 15) is 4.21 Å². The molecule has 0 saturated carbocycles. The van der Waals surface area contributed by atoms with Crippen LogP contribution in [0.25, 0.3) is 0 Å². The van der Waals surface area contributed by atoms with Crippen molar-refractivity contribution in [3.05, 3.63) is 39.3 Å². The van der Waals surface area contributed by atoms with Crippen LogP contribution >= 0.6 is 22.6 Å². The number of aliphatic hydroxyl groups is 1. The average molecular weight is 308 g/mol. The Morgan fingerprint density at radius 2 is 2.08 bits per heavy atom. The minimum Gasteiger partial charge on any atom is -0.391 e. The van der Waals surface area contributed by atoms with E-state index in [1.165, 1.54) is 0 Å². The minimum absolute atomic E-state index is 0.0564. The molecule has 13 heavy (non-hydrogen) atoms. The maximum atomic E-state index is 11.5. The molecular weight excluding hydrogens is 299 g/mol. The summed E-state index contributed by atoms with van der Waals surface area (Å²) in [4.78, 5) is 0.755. The highest BCUT2D eigenvalue weighted by atomic mass is 127. The molecule has 1 N–H and O–H groups in total. The third-order valence-electron chi connectivity index (χ3n) is 1.36. The van der Waals surface area contributed by atoms with Crippen molar-refractivity contribution >= 4 is 33.4 Å². The van der Waals surface area contributed by atoms with Crippen LogP contribution in [0.5, 0.6) is 0 Å². The predicted octanol–water partition coefficient (Wildman–Crippen LogP) is 2.06. The lowest BCUT2D eigenvalue weighted by molar-refractivity contribution is 0.341. The topological polar surface area (TPSA) is 37.3 Å². The molecule has 0 heterocycles. The van der Waals surface area contributed by atoms with E-state index in [1.807, 2.05) is 40.8 Å². The Labute approximate surface area is 93.3 Å². The molecule has 0 spiro atoms. The molecule has 0 bridgehead atoms. The molecule has 70 valence electrons. The van der Waals surface area contributed by atoms with Crippen molar-refractivity contribution in [3.63, 3.8) is 0 Å². The van der Waals surface area contributed by atoms with Crippen LogP contribution in [0.15, 0.2) is 44.2 Å². The van der Waals surface area contributed by atoms with Gasteiger partial charge in [-0.3, -0.25) is 0 Å². The zero-order valence-electron chi connectivity index (χ0n) is 6.81. The van der Waals surface area contributed by atoms with Crippen LogP contribution in [0.2, 0.25) is 0 Å². The fourth-order valence-electron chi connectivity index (χ4n) is 0.776. The third-order valence-corrected chi connectivity index (χ3v) is 3.67. The molecule has 0 aliphatic heterocycles. The highest BCUT2D eigenvalue weighted by Crippen LogP contribution is 2.12. The van der Waals surface area contributed by atoms with Crippen molar-refractivity contribution in [3.8, 4) is 0 Å². The number of hydrogen-bond acceptors (Lipinski definition) is 2. The largest absolute Gasteiger partial charge is 0.391 e. The van der Waals surface area contributed by atoms with Crippen LogP contribution < -0.4 is 0 Å². The van der Waals surface area contributed by atoms with Gasteiger partial charge in [-0.05, 0) is 34.7 Å². The Balaban J connectivity index is 2.81. The molecular formula is C9H9IO2S. The predicted molar refractivity (Wildman–Crippen MR) is 62.0 cm³/mol. The third kappa shape index (κ3) is 3.58. The average Bonchev–Trinajstić information content (AvgIpc) is 2.19. The zero-order chi connectivity index (χ0) is 9.68. The monoisotopic (exact) mass is 308 g/mol. The number of aliphatic hydroxyl groups excluding tert-OH is 1. The fourth-order valence-corrected chi connectivity index (χ4v) is 2.34. The molecule has 1 aromatic rings. The van der Waals surface area contributed by atoms with Crippen molar-refractivity contribution in [1.82, 2.24) is 0 Å². The Bertz CT molecular complexity index is 322. The van der Waals surface area contributed by atoms with E-state index in [0.717, 1.165) is 4.90 Å². The van der Waals surface area contributed by atoms with Gasteiger partial charge < -0.3 is 5.11 Å². The van der Waals surface area contributed by atoms with Crippen molar-refractivity contribution in [1.29, 1.82) is 0 Å². The standard InChI is InChI=1S/C9H9IO2S/c10-8(6-11)7-13(12)9-4-2-1-3-5-9/h1-5,7,11H,6H2/b8-7+. The molecule has 1 aromatic carbocycles. The van der Waals surface area contributed by atoms with Crippen LogP contribution in [0.3, 0.4) is 0 Å². The van der Waals surface area contributed by atoms with Gasteiger partial charge >= 0.3 is 0 Å². The van der Waals surface area contributed by atoms with E-state index in [4.69, 9.17) is 5.11 Å². The summed E-state index contributed by atoms with van der Waals surface area (Å²) in [5.74, 6) is 0. The van der Waals surface area contributed by atoms with Crippen LogP contribution in [0, 0.1) is 0 Å². The highest BCUT2D eigenvalue weighted by Gasteiger charge is 1.99. The molecule has 0 saturated heterocycles. The van der Waals surface area contributed by atoms with E-state index in [0.29, 0.717) is 3.58 Å². The number of rotatable bonds is 3. The first-order chi connectivity index (χ1) is 6.24. The second kappa shape index (κ2) is 5.51. The molecule has 4 heteroatoms. The summed E-state index contributed by atoms with van der Waals surface area (Å²) < 4.78 is 12.2. The molecule has 0 aromatic heterocycles. The van der Waals surface area contributed by atoms with Crippen LogP contribution in [0.4, 0.5) is 0 Å². The van der Waals surface area contributed by atoms with Gasteiger partial charge in [0.1, 0.15) is 0 Å². The van der Waals surface area contributed by atoms with Crippen molar-refractivity contribution in [2.75, 3.05) is 6.61 Å². The summed E-state index contributed by atoms with van der Waals surface area (Å²) >= 11 is 1.97. The molecule has 0 fully saturated rings. The first kappa shape index (κ1) is 10.9. The normalized spacial score (nSPS) is 14.2. The summed E-state index contributed by atoms with van der Waals surface area (Å²) in [6.07, 6.45) is 0. The minimum atomic E-state index is -1.14. The lowest BCUT2D eigenvalue weighted by atomic mass is 10.4. The second-order valence-electron chi connectivity index (χ2n) is 2.33. The molecule has 0 aliphatic carbocycles. The van der Waals surface area contributed by atoms with Gasteiger partial charge in [-0.25, -0.2) is 4.21 Å². The van der Waals surface area contributed by atoms with Gasteiger partial charge in [0.05, 0.1) is 17.4 Å². The van der Waals surface area contributed by atoms with E-state index in [1.54, 1.807) is 17.5 Å². The van der Waals surface area contributed by atoms with Crippen molar-refractivity contribution in [2.24, 2.45) is 0 Å². The maximum absolute atomic E-state index is 11.5. The smallest absolute Gasteiger partial charge is 0.0784 e.